The number of aromatic amines is 2. The minimum atomic E-state index is -3.50. The molecule has 4 heterocycles. The van der Waals surface area contributed by atoms with Crippen molar-refractivity contribution >= 4 is 44.9 Å². The summed E-state index contributed by atoms with van der Waals surface area (Å²) in [5, 5.41) is 3.67. The van der Waals surface area contributed by atoms with E-state index < -0.39 is 79.6 Å². The Morgan fingerprint density at radius 2 is 1.11 bits per heavy atom. The zero-order valence-electron chi connectivity index (χ0n) is 34.9. The van der Waals surface area contributed by atoms with Crippen molar-refractivity contribution in [1.29, 1.82) is 0 Å². The average Bonchev–Trinajstić information content (AvgIpc) is 4.07. The van der Waals surface area contributed by atoms with Crippen LogP contribution in [0.4, 0.5) is 9.59 Å². The smallest absolute Gasteiger partial charge is 0.407 e. The van der Waals surface area contributed by atoms with Crippen LogP contribution in [0.5, 0.6) is 0 Å². The van der Waals surface area contributed by atoms with Crippen LogP contribution in [0.15, 0.2) is 60.9 Å². The summed E-state index contributed by atoms with van der Waals surface area (Å²) in [5.74, 6) is -0.513. The molecule has 7 atom stereocenters. The summed E-state index contributed by atoms with van der Waals surface area (Å²) < 4.78 is 56.8. The minimum Gasteiger partial charge on any atom is -0.453 e. The predicted molar refractivity (Wildman–Crippen MR) is 227 cm³/mol. The molecule has 2 fully saturated rings. The van der Waals surface area contributed by atoms with Crippen molar-refractivity contribution in [2.45, 2.75) is 75.2 Å². The van der Waals surface area contributed by atoms with E-state index in [1.54, 1.807) is 40.1 Å². The van der Waals surface area contributed by atoms with Crippen LogP contribution in [-0.2, 0) is 40.0 Å². The molecule has 61 heavy (non-hydrogen) atoms. The highest BCUT2D eigenvalue weighted by Crippen LogP contribution is 2.37. The van der Waals surface area contributed by atoms with E-state index in [1.807, 2.05) is 48.5 Å². The Hall–Kier alpha value is -5.60. The molecule has 2 saturated heterocycles. The van der Waals surface area contributed by atoms with E-state index in [0.717, 1.165) is 28.5 Å². The number of rotatable bonds is 13. The standard InChI is InChI=1S/C41H52N8O10S2/c1-22(2)34(46-40(52)58-5)38(50)48-20-28(60(54)55)16-32(48)36-42-18-30(44-36)26-12-8-24(9-13-26)25-10-14-27(15-11-25)31-19-43-37(45-31)33-17-29(61(7,56)57)21-49(33)39(51)35(23(3)4)47-41(53)59-6/h8-15,18-19,22-23,28-29,32-35H,16-17,20-21H2,1-7H3,(H,42,44)(H,43,45)(H,46,52)(H,47,53)(H,54,55)/t28-,29-,32-,33-,34-,35-/m0/s1. The molecule has 5 N–H and O–H groups in total. The lowest BCUT2D eigenvalue weighted by atomic mass is 10.0. The molecule has 1 unspecified atom stereocenters. The maximum atomic E-state index is 13.8. The zero-order chi connectivity index (χ0) is 44.3. The van der Waals surface area contributed by atoms with E-state index in [-0.39, 0.29) is 37.8 Å². The number of carbonyl (C=O) groups excluding carboxylic acids is 4. The SMILES string of the molecule is COC(=O)N[C@H](C(=O)N1C[C@@H](S(=O)O)C[C@H]1c1ncc(-c2ccc(-c3ccc(-c4cnc([C@@H]5C[C@H](S(C)(=O)=O)CN5C(=O)[C@@H](NC(=O)OC)C(C)C)[nH]4)cc3)cc2)[nH]1)C(C)C. The van der Waals surface area contributed by atoms with Crippen molar-refractivity contribution in [3.63, 3.8) is 0 Å². The number of imidazole rings is 2. The molecule has 0 bridgehead atoms. The van der Waals surface area contributed by atoms with Crippen molar-refractivity contribution in [1.82, 2.24) is 40.4 Å². The van der Waals surface area contributed by atoms with Gasteiger partial charge in [-0.1, -0.05) is 76.2 Å². The molecule has 2 aromatic heterocycles. The molecule has 6 rings (SSSR count). The Labute approximate surface area is 356 Å². The lowest BCUT2D eigenvalue weighted by Crippen LogP contribution is -2.51. The van der Waals surface area contributed by atoms with Gasteiger partial charge in [0.25, 0.3) is 0 Å². The molecule has 20 heteroatoms. The number of nitrogens with zero attached hydrogens (tertiary/aromatic N) is 4. The first-order chi connectivity index (χ1) is 28.9. The van der Waals surface area contributed by atoms with Crippen molar-refractivity contribution in [3.05, 3.63) is 72.6 Å². The Bertz CT molecular complexity index is 2360. The molecule has 328 valence electrons. The molecule has 2 aromatic carbocycles. The van der Waals surface area contributed by atoms with Gasteiger partial charge in [0.2, 0.25) is 11.8 Å². The van der Waals surface area contributed by atoms with Crippen molar-refractivity contribution < 1.29 is 45.8 Å². The van der Waals surface area contributed by atoms with E-state index in [9.17, 15) is 36.4 Å². The summed E-state index contributed by atoms with van der Waals surface area (Å²) >= 11 is -2.18. The van der Waals surface area contributed by atoms with Gasteiger partial charge in [-0.15, -0.1) is 0 Å². The maximum absolute atomic E-state index is 13.8. The third-order valence-electron chi connectivity index (χ3n) is 11.3. The summed E-state index contributed by atoms with van der Waals surface area (Å²) in [4.78, 5) is 70.3. The highest BCUT2D eigenvalue weighted by Gasteiger charge is 2.45. The number of benzene rings is 2. The summed E-state index contributed by atoms with van der Waals surface area (Å²) in [6.45, 7) is 7.13. The number of ether oxygens (including phenoxy) is 2. The van der Waals surface area contributed by atoms with Crippen LogP contribution in [0.25, 0.3) is 33.6 Å². The fraction of sp³-hybridized carbons (Fsp3) is 0.463. The molecule has 0 saturated carbocycles. The van der Waals surface area contributed by atoms with Gasteiger partial charge in [-0.2, -0.15) is 0 Å². The van der Waals surface area contributed by atoms with Crippen LogP contribution >= 0.6 is 0 Å². The molecule has 2 aliphatic rings. The van der Waals surface area contributed by atoms with Gasteiger partial charge in [0.1, 0.15) is 23.7 Å². The largest absolute Gasteiger partial charge is 0.453 e. The fourth-order valence-corrected chi connectivity index (χ4v) is 9.40. The second-order valence-electron chi connectivity index (χ2n) is 16.1. The fourth-order valence-electron chi connectivity index (χ4n) is 7.80. The minimum absolute atomic E-state index is 0.0200. The third-order valence-corrected chi connectivity index (χ3v) is 13.8. The van der Waals surface area contributed by atoms with Crippen LogP contribution in [0, 0.1) is 11.8 Å². The molecule has 2 aliphatic heterocycles. The highest BCUT2D eigenvalue weighted by molar-refractivity contribution is 7.91. The van der Waals surface area contributed by atoms with Gasteiger partial charge in [0, 0.05) is 19.3 Å². The quantitative estimate of drug-likeness (QED) is 0.117. The Morgan fingerprint density at radius 1 is 0.721 bits per heavy atom. The summed E-state index contributed by atoms with van der Waals surface area (Å²) in [5.41, 5.74) is 4.88. The molecule has 18 nitrogen and oxygen atoms in total. The van der Waals surface area contributed by atoms with Crippen molar-refractivity contribution in [3.8, 4) is 33.6 Å². The van der Waals surface area contributed by atoms with Gasteiger partial charge in [-0.3, -0.25) is 9.59 Å². The number of likely N-dealkylation sites (tertiary alicyclic amines) is 2. The van der Waals surface area contributed by atoms with Gasteiger partial charge >= 0.3 is 12.2 Å². The van der Waals surface area contributed by atoms with Crippen LogP contribution in [-0.4, -0.2) is 127 Å². The van der Waals surface area contributed by atoms with Crippen LogP contribution in [0.1, 0.15) is 64.3 Å². The van der Waals surface area contributed by atoms with Gasteiger partial charge < -0.3 is 44.4 Å². The van der Waals surface area contributed by atoms with Gasteiger partial charge in [-0.05, 0) is 46.9 Å². The second kappa shape index (κ2) is 18.6. The van der Waals surface area contributed by atoms with Gasteiger partial charge in [-0.25, -0.2) is 32.2 Å². The van der Waals surface area contributed by atoms with Gasteiger partial charge in [0.05, 0.1) is 60.6 Å². The summed E-state index contributed by atoms with van der Waals surface area (Å²) in [6.07, 6.45) is 3.29. The van der Waals surface area contributed by atoms with Crippen molar-refractivity contribution in [2.24, 2.45) is 11.8 Å². The predicted octanol–water partition coefficient (Wildman–Crippen LogP) is 4.45. The number of hydrogen-bond acceptors (Lipinski definition) is 11. The first kappa shape index (κ1) is 44.9. The van der Waals surface area contributed by atoms with E-state index in [1.165, 1.54) is 24.0 Å². The molecule has 0 aliphatic carbocycles. The molecule has 4 amide bonds. The van der Waals surface area contributed by atoms with Gasteiger partial charge in [0.15, 0.2) is 20.9 Å². The number of hydrogen-bond donors (Lipinski definition) is 5. The number of nitrogens with one attached hydrogen (secondary N) is 4. The Kier molecular flexibility index (Phi) is 13.7. The van der Waals surface area contributed by atoms with E-state index >= 15 is 0 Å². The zero-order valence-corrected chi connectivity index (χ0v) is 36.6. The molecule has 4 aromatic rings. The summed E-state index contributed by atoms with van der Waals surface area (Å²) in [7, 11) is -1.08. The number of methoxy groups -OCH3 is 2. The monoisotopic (exact) mass is 880 g/mol. The molecular weight excluding hydrogens is 829 g/mol. The summed E-state index contributed by atoms with van der Waals surface area (Å²) in [6, 6.07) is 12.4. The lowest BCUT2D eigenvalue weighted by molar-refractivity contribution is -0.136. The van der Waals surface area contributed by atoms with E-state index in [2.05, 4.69) is 30.6 Å². The van der Waals surface area contributed by atoms with Crippen LogP contribution < -0.4 is 10.6 Å². The first-order valence-corrected chi connectivity index (χ1v) is 22.9. The number of carbonyl (C=O) groups is 4. The Balaban J connectivity index is 1.17. The maximum Gasteiger partial charge on any atom is 0.407 e. The van der Waals surface area contributed by atoms with Crippen LogP contribution in [0.3, 0.4) is 0 Å². The Morgan fingerprint density at radius 3 is 1.49 bits per heavy atom. The van der Waals surface area contributed by atoms with Crippen molar-refractivity contribution in [2.75, 3.05) is 33.6 Å². The molecule has 0 radical (unpaired) electrons. The van der Waals surface area contributed by atoms with E-state index in [4.69, 9.17) is 9.47 Å². The normalized spacial score (nSPS) is 20.7. The number of H-pyrrole nitrogens is 2. The first-order valence-electron chi connectivity index (χ1n) is 19.8. The topological polar surface area (TPSA) is 246 Å². The number of sulfone groups is 1. The highest BCUT2D eigenvalue weighted by atomic mass is 32.2. The number of alkyl carbamates (subject to hydrolysis) is 2. The number of amides is 4. The third kappa shape index (κ3) is 9.97. The van der Waals surface area contributed by atoms with E-state index in [0.29, 0.717) is 23.0 Å². The molecule has 0 spiro atoms. The second-order valence-corrected chi connectivity index (χ2v) is 19.6. The number of aromatic nitrogens is 4. The molecular formula is C41H52N8O10S2. The average molecular weight is 881 g/mol. The van der Waals surface area contributed by atoms with Crippen LogP contribution in [0.2, 0.25) is 0 Å². The lowest BCUT2D eigenvalue weighted by Gasteiger charge is -2.30.